The van der Waals surface area contributed by atoms with E-state index in [-0.39, 0.29) is 22.6 Å². The number of carbonyl (C=O) groups excluding carboxylic acids is 2. The number of hydrogen-bond donors (Lipinski definition) is 2. The highest BCUT2D eigenvalue weighted by Gasteiger charge is 2.33. The zero-order valence-electron chi connectivity index (χ0n) is 13.0. The van der Waals surface area contributed by atoms with Crippen LogP contribution in [-0.4, -0.2) is 38.4 Å². The Morgan fingerprint density at radius 1 is 1.04 bits per heavy atom. The SMILES string of the molecule is COC(=O)C1=CNC=C(C(=O)OC)C1c1ccc(OC)c(O)c1. The van der Waals surface area contributed by atoms with Gasteiger partial charge in [-0.15, -0.1) is 0 Å². The summed E-state index contributed by atoms with van der Waals surface area (Å²) in [6.45, 7) is 0. The highest BCUT2D eigenvalue weighted by atomic mass is 16.5. The van der Waals surface area contributed by atoms with Gasteiger partial charge in [-0.05, 0) is 17.7 Å². The lowest BCUT2D eigenvalue weighted by Crippen LogP contribution is -2.26. The van der Waals surface area contributed by atoms with Gasteiger partial charge in [0.05, 0.1) is 38.4 Å². The number of methoxy groups -OCH3 is 3. The number of phenols is 1. The van der Waals surface area contributed by atoms with Crippen molar-refractivity contribution < 1.29 is 28.9 Å². The first-order valence-electron chi connectivity index (χ1n) is 6.73. The molecule has 1 aromatic rings. The van der Waals surface area contributed by atoms with Gasteiger partial charge in [-0.1, -0.05) is 6.07 Å². The Hall–Kier alpha value is -2.96. The Bertz CT molecular complexity index is 660. The van der Waals surface area contributed by atoms with E-state index in [0.717, 1.165) is 0 Å². The predicted molar refractivity (Wildman–Crippen MR) is 80.7 cm³/mol. The molecule has 1 heterocycles. The first kappa shape index (κ1) is 16.4. The van der Waals surface area contributed by atoms with Crippen LogP contribution in [0.15, 0.2) is 41.7 Å². The topological polar surface area (TPSA) is 94.1 Å². The van der Waals surface area contributed by atoms with E-state index in [0.29, 0.717) is 5.56 Å². The Morgan fingerprint density at radius 3 is 2.04 bits per heavy atom. The first-order valence-corrected chi connectivity index (χ1v) is 6.73. The number of aromatic hydroxyl groups is 1. The lowest BCUT2D eigenvalue weighted by atomic mass is 9.83. The maximum atomic E-state index is 12.0. The molecule has 1 aliphatic rings. The van der Waals surface area contributed by atoms with Crippen molar-refractivity contribution in [2.75, 3.05) is 21.3 Å². The molecule has 0 radical (unpaired) electrons. The largest absolute Gasteiger partial charge is 0.504 e. The molecule has 7 nitrogen and oxygen atoms in total. The van der Waals surface area contributed by atoms with Crippen LogP contribution in [0.3, 0.4) is 0 Å². The molecule has 0 fully saturated rings. The van der Waals surface area contributed by atoms with Gasteiger partial charge in [0.1, 0.15) is 0 Å². The van der Waals surface area contributed by atoms with Gasteiger partial charge in [-0.3, -0.25) is 0 Å². The fourth-order valence-electron chi connectivity index (χ4n) is 2.39. The molecule has 0 unspecified atom stereocenters. The van der Waals surface area contributed by atoms with Crippen LogP contribution in [0.5, 0.6) is 11.5 Å². The molecular weight excluding hydrogens is 302 g/mol. The molecular formula is C16H17NO6. The van der Waals surface area contributed by atoms with Crippen LogP contribution < -0.4 is 10.1 Å². The van der Waals surface area contributed by atoms with Crippen LogP contribution in [-0.2, 0) is 19.1 Å². The summed E-state index contributed by atoms with van der Waals surface area (Å²) >= 11 is 0. The van der Waals surface area contributed by atoms with E-state index >= 15 is 0 Å². The van der Waals surface area contributed by atoms with Crippen molar-refractivity contribution in [1.29, 1.82) is 0 Å². The van der Waals surface area contributed by atoms with Gasteiger partial charge in [0.2, 0.25) is 0 Å². The Balaban J connectivity index is 2.53. The molecule has 0 spiro atoms. The quantitative estimate of drug-likeness (QED) is 0.805. The van der Waals surface area contributed by atoms with Crippen LogP contribution in [0, 0.1) is 0 Å². The van der Waals surface area contributed by atoms with E-state index in [9.17, 15) is 14.7 Å². The van der Waals surface area contributed by atoms with Gasteiger partial charge in [0, 0.05) is 12.4 Å². The van der Waals surface area contributed by atoms with Gasteiger partial charge < -0.3 is 24.6 Å². The van der Waals surface area contributed by atoms with Gasteiger partial charge in [-0.2, -0.15) is 0 Å². The highest BCUT2D eigenvalue weighted by molar-refractivity contribution is 5.98. The minimum absolute atomic E-state index is 0.100. The third kappa shape index (κ3) is 3.13. The molecule has 0 aliphatic carbocycles. The number of dihydropyridines is 1. The number of hydrogen-bond acceptors (Lipinski definition) is 7. The fourth-order valence-corrected chi connectivity index (χ4v) is 2.39. The lowest BCUT2D eigenvalue weighted by molar-refractivity contribution is -0.137. The monoisotopic (exact) mass is 319 g/mol. The summed E-state index contributed by atoms with van der Waals surface area (Å²) in [4.78, 5) is 24.0. The molecule has 0 saturated heterocycles. The van der Waals surface area contributed by atoms with Crippen LogP contribution in [0.25, 0.3) is 0 Å². The number of rotatable bonds is 4. The molecule has 23 heavy (non-hydrogen) atoms. The van der Waals surface area contributed by atoms with Crippen molar-refractivity contribution in [3.05, 3.63) is 47.3 Å². The van der Waals surface area contributed by atoms with Gasteiger partial charge in [0.25, 0.3) is 0 Å². The summed E-state index contributed by atoms with van der Waals surface area (Å²) in [7, 11) is 3.93. The summed E-state index contributed by atoms with van der Waals surface area (Å²) in [6.07, 6.45) is 2.90. The molecule has 1 aromatic carbocycles. The number of phenolic OH excluding ortho intramolecular Hbond substituents is 1. The van der Waals surface area contributed by atoms with Crippen molar-refractivity contribution in [1.82, 2.24) is 5.32 Å². The average Bonchev–Trinajstić information content (AvgIpc) is 2.59. The van der Waals surface area contributed by atoms with Crippen molar-refractivity contribution in [2.24, 2.45) is 0 Å². The maximum Gasteiger partial charge on any atom is 0.336 e. The summed E-state index contributed by atoms with van der Waals surface area (Å²) in [5.41, 5.74) is 0.970. The normalized spacial score (nSPS) is 14.2. The smallest absolute Gasteiger partial charge is 0.336 e. The number of esters is 2. The molecule has 2 rings (SSSR count). The van der Waals surface area contributed by atoms with Crippen molar-refractivity contribution in [2.45, 2.75) is 5.92 Å². The van der Waals surface area contributed by atoms with Crippen molar-refractivity contribution in [3.8, 4) is 11.5 Å². The fraction of sp³-hybridized carbons (Fsp3) is 0.250. The molecule has 0 atom stereocenters. The standard InChI is InChI=1S/C16H17NO6/c1-21-13-5-4-9(6-12(13)18)14-10(15(19)22-2)7-17-8-11(14)16(20)23-3/h4-8,14,17-18H,1-3H3. The third-order valence-electron chi connectivity index (χ3n) is 3.48. The zero-order chi connectivity index (χ0) is 17.0. The second kappa shape index (κ2) is 6.87. The van der Waals surface area contributed by atoms with E-state index in [1.807, 2.05) is 0 Å². The second-order valence-corrected chi connectivity index (χ2v) is 4.71. The molecule has 0 amide bonds. The molecule has 1 aliphatic heterocycles. The van der Waals surface area contributed by atoms with Gasteiger partial charge >= 0.3 is 11.9 Å². The minimum Gasteiger partial charge on any atom is -0.504 e. The van der Waals surface area contributed by atoms with E-state index in [2.05, 4.69) is 5.32 Å². The minimum atomic E-state index is -0.729. The van der Waals surface area contributed by atoms with E-state index in [4.69, 9.17) is 14.2 Å². The number of ether oxygens (including phenoxy) is 3. The zero-order valence-corrected chi connectivity index (χ0v) is 13.0. The summed E-state index contributed by atoms with van der Waals surface area (Å²) in [5, 5.41) is 12.7. The van der Waals surface area contributed by atoms with Crippen molar-refractivity contribution in [3.63, 3.8) is 0 Å². The van der Waals surface area contributed by atoms with Crippen molar-refractivity contribution >= 4 is 11.9 Å². The van der Waals surface area contributed by atoms with Crippen LogP contribution in [0.4, 0.5) is 0 Å². The van der Waals surface area contributed by atoms with Crippen LogP contribution in [0.2, 0.25) is 0 Å². The van der Waals surface area contributed by atoms with Gasteiger partial charge in [-0.25, -0.2) is 9.59 Å². The average molecular weight is 319 g/mol. The molecule has 2 N–H and O–H groups in total. The summed E-state index contributed by atoms with van der Waals surface area (Å²) in [5.74, 6) is -1.72. The molecule has 0 aromatic heterocycles. The highest BCUT2D eigenvalue weighted by Crippen LogP contribution is 2.38. The van der Waals surface area contributed by atoms with E-state index in [1.165, 1.54) is 39.8 Å². The van der Waals surface area contributed by atoms with Gasteiger partial charge in [0.15, 0.2) is 11.5 Å². The third-order valence-corrected chi connectivity index (χ3v) is 3.48. The number of benzene rings is 1. The van der Waals surface area contributed by atoms with E-state index < -0.39 is 17.9 Å². The van der Waals surface area contributed by atoms with E-state index in [1.54, 1.807) is 12.1 Å². The summed E-state index contributed by atoms with van der Waals surface area (Å²) in [6, 6.07) is 4.64. The number of carbonyl (C=O) groups is 2. The molecule has 7 heteroatoms. The number of nitrogens with one attached hydrogen (secondary N) is 1. The molecule has 122 valence electrons. The molecule has 0 saturated carbocycles. The molecule has 0 bridgehead atoms. The Morgan fingerprint density at radius 2 is 1.61 bits per heavy atom. The maximum absolute atomic E-state index is 12.0. The van der Waals surface area contributed by atoms with Crippen LogP contribution >= 0.6 is 0 Å². The first-order chi connectivity index (χ1) is 11.0. The summed E-state index contributed by atoms with van der Waals surface area (Å²) < 4.78 is 14.5. The Labute approximate surface area is 133 Å². The second-order valence-electron chi connectivity index (χ2n) is 4.71. The predicted octanol–water partition coefficient (Wildman–Crippen LogP) is 1.20. The Kier molecular flexibility index (Phi) is 4.90. The van der Waals surface area contributed by atoms with Crippen LogP contribution in [0.1, 0.15) is 11.5 Å². The lowest BCUT2D eigenvalue weighted by Gasteiger charge is -2.24.